The lowest BCUT2D eigenvalue weighted by atomic mass is 10.2. The predicted octanol–water partition coefficient (Wildman–Crippen LogP) is 1.46. The molecule has 0 saturated heterocycles. The Labute approximate surface area is 89.6 Å². The summed E-state index contributed by atoms with van der Waals surface area (Å²) in [4.78, 5) is 2.12. The SMILES string of the molecule is COCN1CC(C)Oc2ccc(N)cc21. The van der Waals surface area contributed by atoms with E-state index in [0.29, 0.717) is 6.73 Å². The number of anilines is 2. The summed E-state index contributed by atoms with van der Waals surface area (Å²) in [5.41, 5.74) is 7.50. The van der Waals surface area contributed by atoms with E-state index < -0.39 is 0 Å². The lowest BCUT2D eigenvalue weighted by Gasteiger charge is -2.34. The molecule has 1 atom stereocenters. The summed E-state index contributed by atoms with van der Waals surface area (Å²) in [6, 6.07) is 5.67. The summed E-state index contributed by atoms with van der Waals surface area (Å²) in [7, 11) is 1.69. The number of nitrogens with two attached hydrogens (primary N) is 1. The van der Waals surface area contributed by atoms with E-state index in [1.165, 1.54) is 0 Å². The number of nitrogens with zero attached hydrogens (tertiary/aromatic N) is 1. The molecule has 0 radical (unpaired) electrons. The Hall–Kier alpha value is -1.42. The van der Waals surface area contributed by atoms with Crippen LogP contribution in [-0.2, 0) is 4.74 Å². The van der Waals surface area contributed by atoms with Crippen LogP contribution in [0.5, 0.6) is 5.75 Å². The van der Waals surface area contributed by atoms with Crippen LogP contribution in [0, 0.1) is 0 Å². The van der Waals surface area contributed by atoms with Crippen LogP contribution in [-0.4, -0.2) is 26.5 Å². The van der Waals surface area contributed by atoms with Crippen LogP contribution in [0.1, 0.15) is 6.92 Å². The van der Waals surface area contributed by atoms with Gasteiger partial charge in [0.25, 0.3) is 0 Å². The molecule has 4 nitrogen and oxygen atoms in total. The second kappa shape index (κ2) is 3.98. The molecule has 15 heavy (non-hydrogen) atoms. The van der Waals surface area contributed by atoms with Gasteiger partial charge < -0.3 is 20.1 Å². The molecule has 1 aromatic carbocycles. The van der Waals surface area contributed by atoms with E-state index in [1.54, 1.807) is 7.11 Å². The number of ether oxygens (including phenoxy) is 2. The van der Waals surface area contributed by atoms with Crippen LogP contribution >= 0.6 is 0 Å². The Balaban J connectivity index is 2.34. The van der Waals surface area contributed by atoms with E-state index in [-0.39, 0.29) is 6.10 Å². The van der Waals surface area contributed by atoms with Crippen LogP contribution < -0.4 is 15.4 Å². The molecule has 1 heterocycles. The summed E-state index contributed by atoms with van der Waals surface area (Å²) in [5.74, 6) is 0.875. The number of rotatable bonds is 2. The second-order valence-electron chi connectivity index (χ2n) is 3.80. The van der Waals surface area contributed by atoms with E-state index >= 15 is 0 Å². The molecule has 0 bridgehead atoms. The van der Waals surface area contributed by atoms with Gasteiger partial charge in [0.1, 0.15) is 18.6 Å². The minimum absolute atomic E-state index is 0.177. The number of methoxy groups -OCH3 is 1. The monoisotopic (exact) mass is 208 g/mol. The fraction of sp³-hybridized carbons (Fsp3) is 0.455. The zero-order valence-corrected chi connectivity index (χ0v) is 9.06. The Morgan fingerprint density at radius 1 is 1.60 bits per heavy atom. The zero-order chi connectivity index (χ0) is 10.8. The van der Waals surface area contributed by atoms with Crippen molar-refractivity contribution in [2.75, 3.05) is 31.0 Å². The van der Waals surface area contributed by atoms with Gasteiger partial charge in [-0.3, -0.25) is 0 Å². The molecule has 0 fully saturated rings. The third-order valence-corrected chi connectivity index (χ3v) is 2.41. The van der Waals surface area contributed by atoms with E-state index in [2.05, 4.69) is 4.90 Å². The summed E-state index contributed by atoms with van der Waals surface area (Å²) in [6.07, 6.45) is 0.177. The number of benzene rings is 1. The number of hydrogen-bond acceptors (Lipinski definition) is 4. The van der Waals surface area contributed by atoms with E-state index in [4.69, 9.17) is 15.2 Å². The second-order valence-corrected chi connectivity index (χ2v) is 3.80. The maximum Gasteiger partial charge on any atom is 0.143 e. The first-order chi connectivity index (χ1) is 7.20. The molecular weight excluding hydrogens is 192 g/mol. The number of hydrogen-bond donors (Lipinski definition) is 1. The van der Waals surface area contributed by atoms with Gasteiger partial charge in [-0.15, -0.1) is 0 Å². The van der Waals surface area contributed by atoms with Gasteiger partial charge in [0.2, 0.25) is 0 Å². The summed E-state index contributed by atoms with van der Waals surface area (Å²) >= 11 is 0. The standard InChI is InChI=1S/C11H16N2O2/c1-8-6-13(7-14-2)10-5-9(12)3-4-11(10)15-8/h3-5,8H,6-7,12H2,1-2H3. The van der Waals surface area contributed by atoms with Gasteiger partial charge in [0, 0.05) is 12.8 Å². The lowest BCUT2D eigenvalue weighted by Crippen LogP contribution is -2.39. The molecule has 1 aromatic rings. The van der Waals surface area contributed by atoms with Crippen molar-refractivity contribution in [2.45, 2.75) is 13.0 Å². The Kier molecular flexibility index (Phi) is 2.68. The van der Waals surface area contributed by atoms with Crippen molar-refractivity contribution in [3.05, 3.63) is 18.2 Å². The first kappa shape index (κ1) is 10.1. The third-order valence-electron chi connectivity index (χ3n) is 2.41. The average molecular weight is 208 g/mol. The van der Waals surface area contributed by atoms with Gasteiger partial charge >= 0.3 is 0 Å². The summed E-state index contributed by atoms with van der Waals surface area (Å²) < 4.78 is 10.9. The highest BCUT2D eigenvalue weighted by Gasteiger charge is 2.22. The molecule has 1 aliphatic heterocycles. The lowest BCUT2D eigenvalue weighted by molar-refractivity contribution is 0.160. The van der Waals surface area contributed by atoms with Crippen molar-refractivity contribution in [3.63, 3.8) is 0 Å². The van der Waals surface area contributed by atoms with Crippen LogP contribution in [0.15, 0.2) is 18.2 Å². The Morgan fingerprint density at radius 3 is 3.13 bits per heavy atom. The molecular formula is C11H16N2O2. The fourth-order valence-electron chi connectivity index (χ4n) is 1.82. The highest BCUT2D eigenvalue weighted by atomic mass is 16.5. The minimum Gasteiger partial charge on any atom is -0.487 e. The largest absolute Gasteiger partial charge is 0.487 e. The fourth-order valence-corrected chi connectivity index (χ4v) is 1.82. The van der Waals surface area contributed by atoms with Crippen molar-refractivity contribution in [2.24, 2.45) is 0 Å². The first-order valence-electron chi connectivity index (χ1n) is 5.01. The quantitative estimate of drug-likeness (QED) is 0.747. The maximum absolute atomic E-state index is 5.75. The molecule has 0 spiro atoms. The van der Waals surface area contributed by atoms with Crippen molar-refractivity contribution in [3.8, 4) is 5.75 Å². The molecule has 4 heteroatoms. The third kappa shape index (κ3) is 1.99. The summed E-state index contributed by atoms with van der Waals surface area (Å²) in [5, 5.41) is 0. The van der Waals surface area contributed by atoms with Crippen molar-refractivity contribution >= 4 is 11.4 Å². The molecule has 2 rings (SSSR count). The van der Waals surface area contributed by atoms with Crippen molar-refractivity contribution < 1.29 is 9.47 Å². The van der Waals surface area contributed by atoms with Crippen LogP contribution in [0.2, 0.25) is 0 Å². The van der Waals surface area contributed by atoms with Crippen molar-refractivity contribution in [1.29, 1.82) is 0 Å². The van der Waals surface area contributed by atoms with Gasteiger partial charge in [0.15, 0.2) is 0 Å². The molecule has 82 valence electrons. The number of fused-ring (bicyclic) bond motifs is 1. The molecule has 0 aliphatic carbocycles. The predicted molar refractivity (Wildman–Crippen MR) is 60.2 cm³/mol. The number of nitrogen functional groups attached to an aromatic ring is 1. The zero-order valence-electron chi connectivity index (χ0n) is 9.06. The van der Waals surface area contributed by atoms with Crippen LogP contribution in [0.25, 0.3) is 0 Å². The molecule has 2 N–H and O–H groups in total. The van der Waals surface area contributed by atoms with E-state index in [1.807, 2.05) is 25.1 Å². The van der Waals surface area contributed by atoms with Crippen LogP contribution in [0.3, 0.4) is 0 Å². The van der Waals surface area contributed by atoms with Crippen LogP contribution in [0.4, 0.5) is 11.4 Å². The topological polar surface area (TPSA) is 47.7 Å². The van der Waals surface area contributed by atoms with E-state index in [0.717, 1.165) is 23.7 Å². The van der Waals surface area contributed by atoms with Gasteiger partial charge in [0.05, 0.1) is 12.2 Å². The Morgan fingerprint density at radius 2 is 2.40 bits per heavy atom. The minimum atomic E-state index is 0.177. The van der Waals surface area contributed by atoms with Gasteiger partial charge in [-0.25, -0.2) is 0 Å². The molecule has 0 saturated carbocycles. The van der Waals surface area contributed by atoms with E-state index in [9.17, 15) is 0 Å². The van der Waals surface area contributed by atoms with Crippen molar-refractivity contribution in [1.82, 2.24) is 0 Å². The van der Waals surface area contributed by atoms with Gasteiger partial charge in [-0.1, -0.05) is 0 Å². The summed E-state index contributed by atoms with van der Waals surface area (Å²) in [6.45, 7) is 3.43. The van der Waals surface area contributed by atoms with Gasteiger partial charge in [-0.2, -0.15) is 0 Å². The smallest absolute Gasteiger partial charge is 0.143 e. The molecule has 0 amide bonds. The normalized spacial score (nSPS) is 19.6. The first-order valence-corrected chi connectivity index (χ1v) is 5.01. The highest BCUT2D eigenvalue weighted by molar-refractivity contribution is 5.66. The highest BCUT2D eigenvalue weighted by Crippen LogP contribution is 2.34. The molecule has 1 unspecified atom stereocenters. The van der Waals surface area contributed by atoms with Gasteiger partial charge in [-0.05, 0) is 25.1 Å². The molecule has 1 aliphatic rings. The average Bonchev–Trinajstić information content (AvgIpc) is 2.19. The Bertz CT molecular complexity index is 354. The molecule has 0 aromatic heterocycles. The maximum atomic E-state index is 5.75.